The quantitative estimate of drug-likeness (QED) is 0.622. The Balaban J connectivity index is 3.21. The van der Waals surface area contributed by atoms with Gasteiger partial charge < -0.3 is 10.2 Å². The van der Waals surface area contributed by atoms with E-state index in [1.54, 1.807) is 17.8 Å². The number of carbonyl (C=O) groups is 1. The lowest BCUT2D eigenvalue weighted by molar-refractivity contribution is -0.131. The molecule has 0 aliphatic heterocycles. The number of aliphatic carboxylic acids is 1. The van der Waals surface area contributed by atoms with E-state index >= 15 is 0 Å². The van der Waals surface area contributed by atoms with Crippen molar-refractivity contribution in [2.24, 2.45) is 0 Å². The summed E-state index contributed by atoms with van der Waals surface area (Å²) in [6.07, 6.45) is 2.79. The second kappa shape index (κ2) is 6.78. The first-order valence-electron chi connectivity index (χ1n) is 7.33. The van der Waals surface area contributed by atoms with Gasteiger partial charge in [0.15, 0.2) is 0 Å². The fourth-order valence-electron chi connectivity index (χ4n) is 2.13. The molecule has 122 valence electrons. The average molecular weight is 322 g/mol. The van der Waals surface area contributed by atoms with Crippen molar-refractivity contribution in [3.05, 3.63) is 35.4 Å². The Morgan fingerprint density at radius 1 is 1.09 bits per heavy atom. The van der Waals surface area contributed by atoms with Crippen LogP contribution >= 0.6 is 11.8 Å². The number of aromatic hydroxyl groups is 1. The van der Waals surface area contributed by atoms with E-state index < -0.39 is 5.97 Å². The maximum Gasteiger partial charge on any atom is 0.328 e. The Bertz CT molecular complexity index is 540. The topological polar surface area (TPSA) is 57.5 Å². The number of hydrogen-bond acceptors (Lipinski definition) is 3. The molecule has 1 aromatic carbocycles. The van der Waals surface area contributed by atoms with Crippen LogP contribution in [0.5, 0.6) is 5.75 Å². The summed E-state index contributed by atoms with van der Waals surface area (Å²) >= 11 is 1.57. The molecule has 0 bridgehead atoms. The van der Waals surface area contributed by atoms with Crippen LogP contribution in [0.15, 0.2) is 29.2 Å². The first kappa shape index (κ1) is 18.6. The van der Waals surface area contributed by atoms with Gasteiger partial charge in [0.25, 0.3) is 0 Å². The lowest BCUT2D eigenvalue weighted by Gasteiger charge is -2.28. The SMILES string of the molecule is CC(C)(C)c1cc(SC/C=C/C(=O)O)cc(C(C)(C)C)c1O. The predicted octanol–water partition coefficient (Wildman–Crippen LogP) is 4.72. The van der Waals surface area contributed by atoms with E-state index in [-0.39, 0.29) is 10.8 Å². The van der Waals surface area contributed by atoms with Crippen LogP contribution in [-0.4, -0.2) is 21.9 Å². The molecule has 0 spiro atoms. The lowest BCUT2D eigenvalue weighted by atomic mass is 9.79. The average Bonchev–Trinajstić information content (AvgIpc) is 2.33. The summed E-state index contributed by atoms with van der Waals surface area (Å²) in [5.74, 6) is 0.0204. The first-order chi connectivity index (χ1) is 9.93. The number of carboxylic acid groups (broad SMARTS) is 1. The van der Waals surface area contributed by atoms with Crippen molar-refractivity contribution in [3.8, 4) is 5.75 Å². The molecule has 3 nitrogen and oxygen atoms in total. The largest absolute Gasteiger partial charge is 0.507 e. The molecule has 0 saturated heterocycles. The van der Waals surface area contributed by atoms with Crippen molar-refractivity contribution in [1.29, 1.82) is 0 Å². The van der Waals surface area contributed by atoms with Gasteiger partial charge in [-0.1, -0.05) is 47.6 Å². The zero-order chi connectivity index (χ0) is 17.1. The Kier molecular flexibility index (Phi) is 5.74. The molecule has 1 aromatic rings. The second-order valence-corrected chi connectivity index (χ2v) is 8.51. The highest BCUT2D eigenvalue weighted by Gasteiger charge is 2.26. The van der Waals surface area contributed by atoms with Crippen LogP contribution in [0, 0.1) is 0 Å². The minimum absolute atomic E-state index is 0.155. The van der Waals surface area contributed by atoms with Crippen LogP contribution in [0.25, 0.3) is 0 Å². The summed E-state index contributed by atoms with van der Waals surface area (Å²) in [6.45, 7) is 12.5. The van der Waals surface area contributed by atoms with Crippen molar-refractivity contribution < 1.29 is 15.0 Å². The number of benzene rings is 1. The minimum atomic E-state index is -0.933. The van der Waals surface area contributed by atoms with Crippen LogP contribution < -0.4 is 0 Å². The molecule has 1 rings (SSSR count). The van der Waals surface area contributed by atoms with E-state index in [4.69, 9.17) is 5.11 Å². The van der Waals surface area contributed by atoms with Gasteiger partial charge in [-0.2, -0.15) is 0 Å². The van der Waals surface area contributed by atoms with Crippen LogP contribution in [0.2, 0.25) is 0 Å². The molecule has 0 aliphatic rings. The molecule has 2 N–H and O–H groups in total. The molecule has 0 saturated carbocycles. The monoisotopic (exact) mass is 322 g/mol. The van der Waals surface area contributed by atoms with E-state index in [2.05, 4.69) is 41.5 Å². The molecule has 22 heavy (non-hydrogen) atoms. The standard InChI is InChI=1S/C18H26O3S/c1-17(2,3)13-10-12(22-9-7-8-15(19)20)11-14(16(13)21)18(4,5)6/h7-8,10-11,21H,9H2,1-6H3,(H,19,20)/b8-7+. The summed E-state index contributed by atoms with van der Waals surface area (Å²) < 4.78 is 0. The van der Waals surface area contributed by atoms with Crippen molar-refractivity contribution in [3.63, 3.8) is 0 Å². The number of hydrogen-bond donors (Lipinski definition) is 2. The number of phenolic OH excluding ortho intramolecular Hbond substituents is 1. The van der Waals surface area contributed by atoms with E-state index in [9.17, 15) is 9.90 Å². The molecule has 0 aromatic heterocycles. The number of thioether (sulfide) groups is 1. The summed E-state index contributed by atoms with van der Waals surface area (Å²) in [5.41, 5.74) is 1.53. The second-order valence-electron chi connectivity index (χ2n) is 7.42. The highest BCUT2D eigenvalue weighted by Crippen LogP contribution is 2.41. The molecular weight excluding hydrogens is 296 g/mol. The third kappa shape index (κ3) is 5.09. The maximum atomic E-state index is 10.6. The zero-order valence-corrected chi connectivity index (χ0v) is 15.0. The zero-order valence-electron chi connectivity index (χ0n) is 14.2. The van der Waals surface area contributed by atoms with E-state index in [1.165, 1.54) is 0 Å². The smallest absolute Gasteiger partial charge is 0.328 e. The summed E-state index contributed by atoms with van der Waals surface area (Å²) in [6, 6.07) is 4.01. The normalized spacial score (nSPS) is 12.8. The summed E-state index contributed by atoms with van der Waals surface area (Å²) in [4.78, 5) is 11.5. The minimum Gasteiger partial charge on any atom is -0.507 e. The van der Waals surface area contributed by atoms with E-state index in [0.717, 1.165) is 22.1 Å². The molecule has 0 fully saturated rings. The maximum absolute atomic E-state index is 10.6. The van der Waals surface area contributed by atoms with Gasteiger partial charge in [0.05, 0.1) is 0 Å². The highest BCUT2D eigenvalue weighted by atomic mass is 32.2. The van der Waals surface area contributed by atoms with Crippen LogP contribution in [-0.2, 0) is 15.6 Å². The van der Waals surface area contributed by atoms with E-state index in [1.807, 2.05) is 12.1 Å². The van der Waals surface area contributed by atoms with Crippen LogP contribution in [0.1, 0.15) is 52.7 Å². The molecule has 0 aliphatic carbocycles. The van der Waals surface area contributed by atoms with Crippen LogP contribution in [0.4, 0.5) is 0 Å². The fraction of sp³-hybridized carbons (Fsp3) is 0.500. The Hall–Kier alpha value is -1.42. The molecular formula is C18H26O3S. The molecule has 0 unspecified atom stereocenters. The van der Waals surface area contributed by atoms with Gasteiger partial charge in [-0.15, -0.1) is 11.8 Å². The third-order valence-corrected chi connectivity index (χ3v) is 4.23. The van der Waals surface area contributed by atoms with E-state index in [0.29, 0.717) is 11.5 Å². The molecule has 0 heterocycles. The fourth-order valence-corrected chi connectivity index (χ4v) is 2.92. The third-order valence-electron chi connectivity index (χ3n) is 3.31. The van der Waals surface area contributed by atoms with Crippen molar-refractivity contribution >= 4 is 17.7 Å². The van der Waals surface area contributed by atoms with Gasteiger partial charge in [0, 0.05) is 27.9 Å². The van der Waals surface area contributed by atoms with Gasteiger partial charge in [-0.3, -0.25) is 0 Å². The van der Waals surface area contributed by atoms with Gasteiger partial charge in [-0.05, 0) is 23.0 Å². The Morgan fingerprint density at radius 3 is 1.91 bits per heavy atom. The van der Waals surface area contributed by atoms with Gasteiger partial charge in [-0.25, -0.2) is 4.79 Å². The molecule has 0 amide bonds. The first-order valence-corrected chi connectivity index (χ1v) is 8.31. The molecule has 0 atom stereocenters. The summed E-state index contributed by atoms with van der Waals surface area (Å²) in [5, 5.41) is 19.2. The number of rotatable bonds is 4. The summed E-state index contributed by atoms with van der Waals surface area (Å²) in [7, 11) is 0. The van der Waals surface area contributed by atoms with Crippen LogP contribution in [0.3, 0.4) is 0 Å². The van der Waals surface area contributed by atoms with Crippen molar-refractivity contribution in [2.75, 3.05) is 5.75 Å². The Morgan fingerprint density at radius 2 is 1.55 bits per heavy atom. The van der Waals surface area contributed by atoms with Crippen molar-refractivity contribution in [1.82, 2.24) is 0 Å². The number of carboxylic acids is 1. The molecule has 0 radical (unpaired) electrons. The molecule has 4 heteroatoms. The highest BCUT2D eigenvalue weighted by molar-refractivity contribution is 7.99. The number of phenols is 1. The van der Waals surface area contributed by atoms with Gasteiger partial charge in [0.1, 0.15) is 5.75 Å². The van der Waals surface area contributed by atoms with Gasteiger partial charge in [0.2, 0.25) is 0 Å². The van der Waals surface area contributed by atoms with Gasteiger partial charge >= 0.3 is 5.97 Å². The lowest BCUT2D eigenvalue weighted by Crippen LogP contribution is -2.17. The Labute approximate surface area is 137 Å². The predicted molar refractivity (Wildman–Crippen MR) is 93.0 cm³/mol. The van der Waals surface area contributed by atoms with Crippen molar-refractivity contribution in [2.45, 2.75) is 57.3 Å².